The summed E-state index contributed by atoms with van der Waals surface area (Å²) in [5.74, 6) is -0.621. The Bertz CT molecular complexity index is 1460. The van der Waals surface area contributed by atoms with Crippen molar-refractivity contribution >= 4 is 5.97 Å². The monoisotopic (exact) mass is 520 g/mol. The van der Waals surface area contributed by atoms with Gasteiger partial charge in [0.2, 0.25) is 0 Å². The van der Waals surface area contributed by atoms with E-state index in [-0.39, 0.29) is 17.7 Å². The number of benzene rings is 4. The first-order valence-electron chi connectivity index (χ1n) is 12.8. The van der Waals surface area contributed by atoms with Gasteiger partial charge in [0.05, 0.1) is 11.1 Å². The molecule has 3 N–H and O–H groups in total. The first-order chi connectivity index (χ1) is 18.8. The second-order valence-electron chi connectivity index (χ2n) is 10.1. The number of aliphatic hydroxyl groups excluding tert-OH is 1. The van der Waals surface area contributed by atoms with Crippen LogP contribution in [0.4, 0.5) is 0 Å². The highest BCUT2D eigenvalue weighted by Crippen LogP contribution is 2.28. The maximum Gasteiger partial charge on any atom is 0.335 e. The van der Waals surface area contributed by atoms with Gasteiger partial charge >= 0.3 is 5.97 Å². The minimum absolute atomic E-state index is 0.0137. The lowest BCUT2D eigenvalue weighted by Gasteiger charge is -2.29. The molecule has 0 unspecified atom stereocenters. The molecule has 6 nitrogen and oxygen atoms in total. The third-order valence-corrected chi connectivity index (χ3v) is 6.55. The maximum absolute atomic E-state index is 11.1. The molecular formula is C33H32N2O4. The molecule has 1 atom stereocenters. The van der Waals surface area contributed by atoms with E-state index in [0.717, 1.165) is 17.5 Å². The Kier molecular flexibility index (Phi) is 8.77. The van der Waals surface area contributed by atoms with Crippen LogP contribution in [-0.4, -0.2) is 41.0 Å². The second-order valence-corrected chi connectivity index (χ2v) is 10.1. The van der Waals surface area contributed by atoms with E-state index in [0.29, 0.717) is 17.9 Å². The van der Waals surface area contributed by atoms with Gasteiger partial charge in [0.25, 0.3) is 0 Å². The third-order valence-electron chi connectivity index (χ3n) is 6.55. The van der Waals surface area contributed by atoms with Gasteiger partial charge in [-0.1, -0.05) is 72.8 Å². The molecule has 0 aliphatic rings. The van der Waals surface area contributed by atoms with Gasteiger partial charge in [0.15, 0.2) is 0 Å². The van der Waals surface area contributed by atoms with Crippen molar-refractivity contribution in [1.82, 2.24) is 5.32 Å². The van der Waals surface area contributed by atoms with Crippen LogP contribution in [0.15, 0.2) is 97.1 Å². The molecule has 0 heterocycles. The van der Waals surface area contributed by atoms with Crippen LogP contribution in [0, 0.1) is 11.3 Å². The molecule has 0 amide bonds. The van der Waals surface area contributed by atoms with Gasteiger partial charge in [0, 0.05) is 12.1 Å². The molecule has 4 aromatic rings. The predicted octanol–water partition coefficient (Wildman–Crippen LogP) is 5.94. The molecule has 0 radical (unpaired) electrons. The highest BCUT2D eigenvalue weighted by atomic mass is 16.5. The van der Waals surface area contributed by atoms with Crippen molar-refractivity contribution in [2.45, 2.75) is 31.9 Å². The highest BCUT2D eigenvalue weighted by molar-refractivity contribution is 5.88. The molecule has 0 spiro atoms. The number of ether oxygens (including phenoxy) is 1. The summed E-state index contributed by atoms with van der Waals surface area (Å²) >= 11 is 0. The summed E-state index contributed by atoms with van der Waals surface area (Å²) in [6.45, 7) is 4.54. The minimum Gasteiger partial charge on any atom is -0.489 e. The number of nitrogens with zero attached hydrogens (tertiary/aromatic N) is 1. The Morgan fingerprint density at radius 3 is 2.28 bits per heavy atom. The van der Waals surface area contributed by atoms with Gasteiger partial charge in [-0.15, -0.1) is 0 Å². The van der Waals surface area contributed by atoms with Crippen LogP contribution >= 0.6 is 0 Å². The fraction of sp³-hybridized carbons (Fsp3) is 0.212. The van der Waals surface area contributed by atoms with Gasteiger partial charge in [0.1, 0.15) is 24.5 Å². The number of carbonyl (C=O) groups is 1. The predicted molar refractivity (Wildman–Crippen MR) is 153 cm³/mol. The lowest BCUT2D eigenvalue weighted by molar-refractivity contribution is 0.0697. The van der Waals surface area contributed by atoms with E-state index in [1.807, 2.05) is 30.3 Å². The third kappa shape index (κ3) is 7.32. The quantitative estimate of drug-likeness (QED) is 0.226. The Morgan fingerprint density at radius 1 is 0.923 bits per heavy atom. The van der Waals surface area contributed by atoms with Crippen LogP contribution in [0.5, 0.6) is 5.75 Å². The number of aromatic carboxylic acids is 1. The molecule has 0 saturated carbocycles. The molecule has 39 heavy (non-hydrogen) atoms. The SMILES string of the molecule is CC(C)(Cc1ccccc1-c1ccccc1)NC[C@@H](O)COc1cc(-c2ccc(C(=O)O)cc2)ccc1C#N. The van der Waals surface area contributed by atoms with Crippen LogP contribution in [0.25, 0.3) is 22.3 Å². The highest BCUT2D eigenvalue weighted by Gasteiger charge is 2.21. The lowest BCUT2D eigenvalue weighted by Crippen LogP contribution is -2.46. The van der Waals surface area contributed by atoms with E-state index in [9.17, 15) is 15.2 Å². The summed E-state index contributed by atoms with van der Waals surface area (Å²) in [6.07, 6.45) is -0.0221. The number of aliphatic hydroxyl groups is 1. The van der Waals surface area contributed by atoms with E-state index in [1.165, 1.54) is 28.8 Å². The van der Waals surface area contributed by atoms with Crippen LogP contribution < -0.4 is 10.1 Å². The Hall–Kier alpha value is -4.44. The fourth-order valence-corrected chi connectivity index (χ4v) is 4.47. The number of rotatable bonds is 11. The topological polar surface area (TPSA) is 103 Å². The van der Waals surface area contributed by atoms with Crippen LogP contribution in [0.1, 0.15) is 35.3 Å². The second kappa shape index (κ2) is 12.4. The van der Waals surface area contributed by atoms with Crippen LogP contribution in [-0.2, 0) is 6.42 Å². The number of carboxylic acids is 1. The molecular weight excluding hydrogens is 488 g/mol. The van der Waals surface area contributed by atoms with Crippen molar-refractivity contribution < 1.29 is 19.7 Å². The first-order valence-corrected chi connectivity index (χ1v) is 12.8. The normalized spacial score (nSPS) is 11.9. The first kappa shape index (κ1) is 27.6. The summed E-state index contributed by atoms with van der Waals surface area (Å²) in [5.41, 5.74) is 5.44. The van der Waals surface area contributed by atoms with E-state index in [4.69, 9.17) is 9.84 Å². The summed E-state index contributed by atoms with van der Waals surface area (Å²) < 4.78 is 5.87. The lowest BCUT2D eigenvalue weighted by atomic mass is 9.89. The summed E-state index contributed by atoms with van der Waals surface area (Å²) in [7, 11) is 0. The Balaban J connectivity index is 1.37. The van der Waals surface area contributed by atoms with E-state index < -0.39 is 12.1 Å². The Labute approximate surface area is 229 Å². The van der Waals surface area contributed by atoms with E-state index >= 15 is 0 Å². The number of nitriles is 1. The molecule has 0 aliphatic carbocycles. The molecule has 6 heteroatoms. The summed E-state index contributed by atoms with van der Waals surface area (Å²) in [5, 5.41) is 32.8. The molecule has 0 aromatic heterocycles. The van der Waals surface area contributed by atoms with Crippen molar-refractivity contribution in [1.29, 1.82) is 5.26 Å². The van der Waals surface area contributed by atoms with Crippen molar-refractivity contribution in [3.63, 3.8) is 0 Å². The molecule has 0 fully saturated rings. The van der Waals surface area contributed by atoms with Crippen molar-refractivity contribution in [2.24, 2.45) is 0 Å². The zero-order valence-corrected chi connectivity index (χ0v) is 22.1. The molecule has 4 aromatic carbocycles. The number of nitrogens with one attached hydrogen (secondary N) is 1. The molecule has 198 valence electrons. The van der Waals surface area contributed by atoms with Crippen molar-refractivity contribution in [3.8, 4) is 34.1 Å². The Morgan fingerprint density at radius 2 is 1.59 bits per heavy atom. The van der Waals surface area contributed by atoms with Gasteiger partial charge in [-0.25, -0.2) is 4.79 Å². The average Bonchev–Trinajstić information content (AvgIpc) is 2.95. The average molecular weight is 521 g/mol. The summed E-state index contributed by atoms with van der Waals surface area (Å²) in [4.78, 5) is 11.1. The number of hydrogen-bond donors (Lipinski definition) is 3. The largest absolute Gasteiger partial charge is 0.489 e. The van der Waals surface area contributed by atoms with Crippen molar-refractivity contribution in [3.05, 3.63) is 114 Å². The molecule has 0 saturated heterocycles. The standard InChI is InChI=1S/C33H32N2O4/c1-33(2,19-27-10-6-7-11-30(27)24-8-4-3-5-9-24)35-21-29(36)22-39-31-18-26(16-17-28(31)20-34)23-12-14-25(15-13-23)32(37)38/h3-18,29,35-36H,19,21-22H2,1-2H3,(H,37,38)/t29-/m1/s1. The molecule has 0 aliphatic heterocycles. The fourth-order valence-electron chi connectivity index (χ4n) is 4.47. The van der Waals surface area contributed by atoms with Gasteiger partial charge < -0.3 is 20.3 Å². The van der Waals surface area contributed by atoms with E-state index in [1.54, 1.807) is 30.3 Å². The zero-order valence-electron chi connectivity index (χ0n) is 22.1. The van der Waals surface area contributed by atoms with Gasteiger partial charge in [-0.3, -0.25) is 0 Å². The van der Waals surface area contributed by atoms with Gasteiger partial charge in [-0.2, -0.15) is 5.26 Å². The number of carboxylic acid groups (broad SMARTS) is 1. The molecule has 4 rings (SSSR count). The minimum atomic E-state index is -0.989. The van der Waals surface area contributed by atoms with Crippen molar-refractivity contribution in [2.75, 3.05) is 13.2 Å². The van der Waals surface area contributed by atoms with Crippen LogP contribution in [0.2, 0.25) is 0 Å². The summed E-state index contributed by atoms with van der Waals surface area (Å²) in [6, 6.07) is 32.5. The maximum atomic E-state index is 11.1. The number of β-amino-alcohol motifs (C(OH)–C–C–N with tert-alkyl or cyclic N) is 1. The molecule has 0 bridgehead atoms. The number of hydrogen-bond acceptors (Lipinski definition) is 5. The smallest absolute Gasteiger partial charge is 0.335 e. The zero-order chi connectivity index (χ0) is 27.8. The van der Waals surface area contributed by atoms with Gasteiger partial charge in [-0.05, 0) is 72.4 Å². The van der Waals surface area contributed by atoms with Crippen LogP contribution in [0.3, 0.4) is 0 Å². The van der Waals surface area contributed by atoms with E-state index in [2.05, 4.69) is 49.5 Å².